The molecule has 1 fully saturated rings. The van der Waals surface area contributed by atoms with Gasteiger partial charge in [0.25, 0.3) is 0 Å². The second kappa shape index (κ2) is 7.63. The summed E-state index contributed by atoms with van der Waals surface area (Å²) in [6, 6.07) is 6.21. The van der Waals surface area contributed by atoms with Crippen molar-refractivity contribution < 1.29 is 0 Å². The zero-order valence-corrected chi connectivity index (χ0v) is 19.2. The van der Waals surface area contributed by atoms with Gasteiger partial charge >= 0.3 is 0 Å². The fraction of sp³-hybridized carbons (Fsp3) is 0.385. The van der Waals surface area contributed by atoms with E-state index in [2.05, 4.69) is 68.6 Å². The quantitative estimate of drug-likeness (QED) is 0.596. The van der Waals surface area contributed by atoms with Gasteiger partial charge in [0, 0.05) is 50.3 Å². The van der Waals surface area contributed by atoms with E-state index in [9.17, 15) is 0 Å². The van der Waals surface area contributed by atoms with Crippen LogP contribution in [0.15, 0.2) is 55.1 Å². The lowest BCUT2D eigenvalue weighted by molar-refractivity contribution is 0.353. The van der Waals surface area contributed by atoms with Gasteiger partial charge in [0.15, 0.2) is 0 Å². The molecule has 4 heterocycles. The molecule has 1 atom stereocenters. The predicted octanol–water partition coefficient (Wildman–Crippen LogP) is 4.06. The second-order valence-electron chi connectivity index (χ2n) is 9.93. The molecular formula is C26H29N7. The van der Waals surface area contributed by atoms with Crippen LogP contribution in [-0.2, 0) is 5.41 Å². The Kier molecular flexibility index (Phi) is 4.69. The van der Waals surface area contributed by atoms with Crippen molar-refractivity contribution in [2.24, 2.45) is 5.41 Å². The first-order valence-electron chi connectivity index (χ1n) is 11.8. The first-order chi connectivity index (χ1) is 16.0. The van der Waals surface area contributed by atoms with Gasteiger partial charge in [-0.3, -0.25) is 4.98 Å². The van der Waals surface area contributed by atoms with Crippen molar-refractivity contribution >= 4 is 17.5 Å². The van der Waals surface area contributed by atoms with Crippen LogP contribution in [0.25, 0.3) is 11.1 Å². The van der Waals surface area contributed by atoms with E-state index in [1.54, 1.807) is 0 Å². The minimum absolute atomic E-state index is 0.195. The minimum atomic E-state index is -0.243. The smallest absolute Gasteiger partial charge is 0.228 e. The number of hydrogen-bond donors (Lipinski definition) is 2. The van der Waals surface area contributed by atoms with Gasteiger partial charge < -0.3 is 15.5 Å². The molecule has 0 radical (unpaired) electrons. The molecule has 2 N–H and O–H groups in total. The molecule has 3 aliphatic rings. The van der Waals surface area contributed by atoms with Crippen molar-refractivity contribution in [3.05, 3.63) is 66.4 Å². The molecule has 0 bridgehead atoms. The van der Waals surface area contributed by atoms with Gasteiger partial charge in [0.05, 0.1) is 23.0 Å². The normalized spacial score (nSPS) is 22.8. The van der Waals surface area contributed by atoms with Crippen LogP contribution < -0.4 is 15.5 Å². The molecule has 7 heteroatoms. The van der Waals surface area contributed by atoms with Gasteiger partial charge in [-0.05, 0) is 47.6 Å². The van der Waals surface area contributed by atoms with E-state index in [0.29, 0.717) is 5.95 Å². The lowest BCUT2D eigenvalue weighted by Crippen LogP contribution is -2.43. The molecule has 0 amide bonds. The Labute approximate surface area is 194 Å². The third-order valence-electron chi connectivity index (χ3n) is 7.26. The third-order valence-corrected chi connectivity index (χ3v) is 7.26. The average molecular weight is 440 g/mol. The number of pyridine rings is 2. The van der Waals surface area contributed by atoms with Crippen molar-refractivity contribution in [3.63, 3.8) is 0 Å². The van der Waals surface area contributed by atoms with Gasteiger partial charge in [-0.25, -0.2) is 15.0 Å². The number of anilines is 3. The largest absolute Gasteiger partial charge is 0.368 e. The molecule has 2 aliphatic carbocycles. The van der Waals surface area contributed by atoms with Gasteiger partial charge in [-0.2, -0.15) is 0 Å². The molecule has 1 aliphatic heterocycles. The maximum Gasteiger partial charge on any atom is 0.228 e. The van der Waals surface area contributed by atoms with Gasteiger partial charge in [-0.15, -0.1) is 0 Å². The number of allylic oxidation sites excluding steroid dienone is 2. The van der Waals surface area contributed by atoms with E-state index in [1.807, 2.05) is 30.9 Å². The third kappa shape index (κ3) is 3.47. The molecule has 0 saturated carbocycles. The molecule has 168 valence electrons. The molecule has 0 aromatic carbocycles. The molecule has 6 rings (SSSR count). The molecule has 33 heavy (non-hydrogen) atoms. The van der Waals surface area contributed by atoms with Crippen LogP contribution in [0.5, 0.6) is 0 Å². The summed E-state index contributed by atoms with van der Waals surface area (Å²) in [6.07, 6.45) is 14.5. The molecule has 1 unspecified atom stereocenters. The highest BCUT2D eigenvalue weighted by atomic mass is 15.2. The Morgan fingerprint density at radius 3 is 2.58 bits per heavy atom. The van der Waals surface area contributed by atoms with Crippen molar-refractivity contribution in [2.75, 3.05) is 36.4 Å². The number of hydrogen-bond acceptors (Lipinski definition) is 7. The van der Waals surface area contributed by atoms with E-state index >= 15 is 0 Å². The van der Waals surface area contributed by atoms with E-state index in [1.165, 1.54) is 11.1 Å². The standard InChI is InChI=1S/C26H29N7/c1-25(2)6-8-26(9-7-25)21-17-28-10-5-19(21)20-16-30-24(32-23(20)26)31-22-4-3-18(15-29-22)33-13-11-27-12-14-33/h3-6,8,10,15-17,27H,7,9,11-14H2,1-2H3,(H,29,30,31,32). The topological polar surface area (TPSA) is 78.9 Å². The summed E-state index contributed by atoms with van der Waals surface area (Å²) in [5, 5.41) is 6.71. The van der Waals surface area contributed by atoms with E-state index in [-0.39, 0.29) is 10.8 Å². The molecule has 7 nitrogen and oxygen atoms in total. The summed E-state index contributed by atoms with van der Waals surface area (Å²) in [5.74, 6) is 1.33. The highest BCUT2D eigenvalue weighted by molar-refractivity contribution is 5.80. The Balaban J connectivity index is 1.32. The number of nitrogens with one attached hydrogen (secondary N) is 2. The SMILES string of the molecule is CC1(C)C=CC2(CC1)c1cnccc1-c1cnc(Nc3ccc(N4CCNCC4)cn3)nc12. The van der Waals surface area contributed by atoms with Crippen LogP contribution in [0, 0.1) is 5.41 Å². The predicted molar refractivity (Wildman–Crippen MR) is 131 cm³/mol. The maximum absolute atomic E-state index is 5.04. The number of nitrogens with zero attached hydrogens (tertiary/aromatic N) is 5. The van der Waals surface area contributed by atoms with Crippen LogP contribution in [-0.4, -0.2) is 46.1 Å². The Hall–Kier alpha value is -3.32. The zero-order chi connectivity index (χ0) is 22.5. The van der Waals surface area contributed by atoms with E-state index in [0.717, 1.165) is 61.8 Å². The monoisotopic (exact) mass is 439 g/mol. The second-order valence-corrected chi connectivity index (χ2v) is 9.93. The number of aromatic nitrogens is 4. The zero-order valence-electron chi connectivity index (χ0n) is 19.2. The van der Waals surface area contributed by atoms with Crippen molar-refractivity contribution in [1.29, 1.82) is 0 Å². The summed E-state index contributed by atoms with van der Waals surface area (Å²) < 4.78 is 0. The first-order valence-corrected chi connectivity index (χ1v) is 11.8. The number of fused-ring (bicyclic) bond motifs is 5. The van der Waals surface area contributed by atoms with Crippen molar-refractivity contribution in [3.8, 4) is 11.1 Å². The van der Waals surface area contributed by atoms with Crippen LogP contribution in [0.3, 0.4) is 0 Å². The molecule has 1 spiro atoms. The van der Waals surface area contributed by atoms with Gasteiger partial charge in [0.2, 0.25) is 5.95 Å². The van der Waals surface area contributed by atoms with Crippen LogP contribution in [0.1, 0.15) is 37.9 Å². The lowest BCUT2D eigenvalue weighted by Gasteiger charge is -2.36. The Bertz CT molecular complexity index is 1210. The maximum atomic E-state index is 5.04. The number of piperazine rings is 1. The van der Waals surface area contributed by atoms with Crippen LogP contribution >= 0.6 is 0 Å². The van der Waals surface area contributed by atoms with E-state index < -0.39 is 0 Å². The summed E-state index contributed by atoms with van der Waals surface area (Å²) in [5.41, 5.74) is 5.69. The fourth-order valence-electron chi connectivity index (χ4n) is 5.25. The summed E-state index contributed by atoms with van der Waals surface area (Å²) in [4.78, 5) is 21.1. The Morgan fingerprint density at radius 1 is 0.939 bits per heavy atom. The summed E-state index contributed by atoms with van der Waals surface area (Å²) in [7, 11) is 0. The molecular weight excluding hydrogens is 410 g/mol. The Morgan fingerprint density at radius 2 is 1.82 bits per heavy atom. The van der Waals surface area contributed by atoms with Crippen molar-refractivity contribution in [1.82, 2.24) is 25.3 Å². The van der Waals surface area contributed by atoms with Crippen LogP contribution in [0.4, 0.5) is 17.5 Å². The van der Waals surface area contributed by atoms with Gasteiger partial charge in [0.1, 0.15) is 5.82 Å². The minimum Gasteiger partial charge on any atom is -0.368 e. The van der Waals surface area contributed by atoms with Crippen molar-refractivity contribution in [2.45, 2.75) is 32.1 Å². The van der Waals surface area contributed by atoms with Gasteiger partial charge in [-0.1, -0.05) is 26.0 Å². The highest BCUT2D eigenvalue weighted by Crippen LogP contribution is 2.54. The fourth-order valence-corrected chi connectivity index (χ4v) is 5.25. The summed E-state index contributed by atoms with van der Waals surface area (Å²) >= 11 is 0. The first kappa shape index (κ1) is 20.3. The molecule has 3 aromatic heterocycles. The highest BCUT2D eigenvalue weighted by Gasteiger charge is 2.46. The molecule has 1 saturated heterocycles. The molecule has 3 aromatic rings. The average Bonchev–Trinajstić information content (AvgIpc) is 3.12. The lowest BCUT2D eigenvalue weighted by atomic mass is 9.67. The summed E-state index contributed by atoms with van der Waals surface area (Å²) in [6.45, 7) is 8.61. The van der Waals surface area contributed by atoms with Crippen LogP contribution in [0.2, 0.25) is 0 Å². The van der Waals surface area contributed by atoms with E-state index in [4.69, 9.17) is 4.98 Å². The number of rotatable bonds is 3.